The SMILES string of the molecule is CCCCc1ccc2nc(NC(=O)/C=C/c3ccc(OC)cc3)sc2c1. The zero-order chi connectivity index (χ0) is 18.4. The molecule has 5 heteroatoms. The van der Waals surface area contributed by atoms with E-state index in [-0.39, 0.29) is 5.91 Å². The summed E-state index contributed by atoms with van der Waals surface area (Å²) in [4.78, 5) is 16.6. The fraction of sp³-hybridized carbons (Fsp3) is 0.238. The van der Waals surface area contributed by atoms with Gasteiger partial charge in [0.1, 0.15) is 5.75 Å². The van der Waals surface area contributed by atoms with E-state index in [1.165, 1.54) is 35.8 Å². The number of nitrogens with one attached hydrogen (secondary N) is 1. The fourth-order valence-corrected chi connectivity index (χ4v) is 3.53. The van der Waals surface area contributed by atoms with Crippen LogP contribution in [0.15, 0.2) is 48.5 Å². The number of methoxy groups -OCH3 is 1. The van der Waals surface area contributed by atoms with E-state index in [4.69, 9.17) is 4.74 Å². The molecule has 0 spiro atoms. The van der Waals surface area contributed by atoms with Crippen LogP contribution in [-0.4, -0.2) is 18.0 Å². The van der Waals surface area contributed by atoms with Crippen LogP contribution in [0.2, 0.25) is 0 Å². The lowest BCUT2D eigenvalue weighted by Gasteiger charge is -1.99. The molecule has 0 aliphatic rings. The average molecular weight is 366 g/mol. The summed E-state index contributed by atoms with van der Waals surface area (Å²) in [5.74, 6) is 0.602. The van der Waals surface area contributed by atoms with E-state index in [0.29, 0.717) is 5.13 Å². The van der Waals surface area contributed by atoms with E-state index in [1.807, 2.05) is 30.3 Å². The van der Waals surface area contributed by atoms with Crippen LogP contribution in [0.3, 0.4) is 0 Å². The molecule has 134 valence electrons. The van der Waals surface area contributed by atoms with Gasteiger partial charge in [-0.1, -0.05) is 42.9 Å². The van der Waals surface area contributed by atoms with Gasteiger partial charge in [0.15, 0.2) is 5.13 Å². The molecule has 3 rings (SSSR count). The van der Waals surface area contributed by atoms with Crippen LogP contribution < -0.4 is 10.1 Å². The molecule has 0 saturated carbocycles. The number of rotatable bonds is 7. The highest BCUT2D eigenvalue weighted by Crippen LogP contribution is 2.27. The molecule has 1 heterocycles. The van der Waals surface area contributed by atoms with Crippen LogP contribution in [-0.2, 0) is 11.2 Å². The zero-order valence-electron chi connectivity index (χ0n) is 15.0. The van der Waals surface area contributed by atoms with Crippen LogP contribution in [0.25, 0.3) is 16.3 Å². The molecule has 3 aromatic rings. The first-order valence-corrected chi connectivity index (χ1v) is 9.52. The van der Waals surface area contributed by atoms with E-state index >= 15 is 0 Å². The molecular formula is C21H22N2O2S. The van der Waals surface area contributed by atoms with Crippen molar-refractivity contribution in [3.05, 3.63) is 59.7 Å². The lowest BCUT2D eigenvalue weighted by Crippen LogP contribution is -2.07. The Morgan fingerprint density at radius 1 is 1.23 bits per heavy atom. The Kier molecular flexibility index (Phi) is 6.02. The van der Waals surface area contributed by atoms with Crippen molar-refractivity contribution in [2.45, 2.75) is 26.2 Å². The third-order valence-corrected chi connectivity index (χ3v) is 4.98. The topological polar surface area (TPSA) is 51.2 Å². The lowest BCUT2D eigenvalue weighted by molar-refractivity contribution is -0.111. The number of carbonyl (C=O) groups is 1. The third-order valence-electron chi connectivity index (χ3n) is 4.04. The quantitative estimate of drug-likeness (QED) is 0.577. The van der Waals surface area contributed by atoms with Gasteiger partial charge in [0.05, 0.1) is 17.3 Å². The number of ether oxygens (including phenoxy) is 1. The summed E-state index contributed by atoms with van der Waals surface area (Å²) in [6.45, 7) is 2.19. The first-order chi connectivity index (χ1) is 12.7. The summed E-state index contributed by atoms with van der Waals surface area (Å²) in [7, 11) is 1.63. The molecule has 1 aromatic heterocycles. The number of unbranched alkanes of at least 4 members (excludes halogenated alkanes) is 1. The molecule has 1 amide bonds. The van der Waals surface area contributed by atoms with E-state index in [2.05, 4.69) is 29.4 Å². The van der Waals surface area contributed by atoms with Gasteiger partial charge in [-0.2, -0.15) is 0 Å². The Balaban J connectivity index is 1.65. The van der Waals surface area contributed by atoms with Crippen LogP contribution >= 0.6 is 11.3 Å². The summed E-state index contributed by atoms with van der Waals surface area (Å²) in [6.07, 6.45) is 6.73. The monoisotopic (exact) mass is 366 g/mol. The van der Waals surface area contributed by atoms with Crippen molar-refractivity contribution in [3.63, 3.8) is 0 Å². The van der Waals surface area contributed by atoms with Gasteiger partial charge in [0, 0.05) is 6.08 Å². The number of carbonyl (C=O) groups excluding carboxylic acids is 1. The maximum Gasteiger partial charge on any atom is 0.250 e. The number of hydrogen-bond donors (Lipinski definition) is 1. The Labute approximate surface area is 157 Å². The van der Waals surface area contributed by atoms with Crippen molar-refractivity contribution in [2.24, 2.45) is 0 Å². The largest absolute Gasteiger partial charge is 0.497 e. The molecule has 0 aliphatic heterocycles. The average Bonchev–Trinajstić information content (AvgIpc) is 3.06. The molecule has 0 fully saturated rings. The minimum atomic E-state index is -0.189. The highest BCUT2D eigenvalue weighted by atomic mass is 32.1. The summed E-state index contributed by atoms with van der Waals surface area (Å²) < 4.78 is 6.23. The molecule has 26 heavy (non-hydrogen) atoms. The summed E-state index contributed by atoms with van der Waals surface area (Å²) in [6, 6.07) is 13.8. The van der Waals surface area contributed by atoms with Gasteiger partial charge >= 0.3 is 0 Å². The molecule has 0 saturated heterocycles. The maximum atomic E-state index is 12.1. The highest BCUT2D eigenvalue weighted by molar-refractivity contribution is 7.22. The van der Waals surface area contributed by atoms with E-state index in [0.717, 1.165) is 28.0 Å². The standard InChI is InChI=1S/C21H22N2O2S/c1-3-4-5-16-8-12-18-19(14-16)26-21(22-18)23-20(24)13-9-15-6-10-17(25-2)11-7-15/h6-14H,3-5H2,1-2H3,(H,22,23,24)/b13-9+. The van der Waals surface area contributed by atoms with Crippen molar-refractivity contribution in [2.75, 3.05) is 12.4 Å². The molecule has 4 nitrogen and oxygen atoms in total. The Hall–Kier alpha value is -2.66. The number of anilines is 1. The first-order valence-electron chi connectivity index (χ1n) is 8.70. The number of fused-ring (bicyclic) bond motifs is 1. The third kappa shape index (κ3) is 4.70. The number of hydrogen-bond acceptors (Lipinski definition) is 4. The Bertz CT molecular complexity index is 913. The Morgan fingerprint density at radius 3 is 2.77 bits per heavy atom. The molecule has 1 N–H and O–H groups in total. The fourth-order valence-electron chi connectivity index (χ4n) is 2.59. The second kappa shape index (κ2) is 8.63. The zero-order valence-corrected chi connectivity index (χ0v) is 15.8. The number of benzene rings is 2. The predicted molar refractivity (Wildman–Crippen MR) is 109 cm³/mol. The lowest BCUT2D eigenvalue weighted by atomic mass is 10.1. The molecule has 2 aromatic carbocycles. The van der Waals surface area contributed by atoms with Crippen molar-refractivity contribution < 1.29 is 9.53 Å². The van der Waals surface area contributed by atoms with Crippen LogP contribution in [0.5, 0.6) is 5.75 Å². The van der Waals surface area contributed by atoms with Gasteiger partial charge in [-0.25, -0.2) is 4.98 Å². The number of amides is 1. The van der Waals surface area contributed by atoms with Gasteiger partial charge in [0.2, 0.25) is 5.91 Å². The van der Waals surface area contributed by atoms with Gasteiger partial charge in [-0.15, -0.1) is 0 Å². The van der Waals surface area contributed by atoms with E-state index in [1.54, 1.807) is 13.2 Å². The molecule has 0 radical (unpaired) electrons. The normalized spacial score (nSPS) is 11.2. The van der Waals surface area contributed by atoms with E-state index < -0.39 is 0 Å². The van der Waals surface area contributed by atoms with Crippen molar-refractivity contribution in [3.8, 4) is 5.75 Å². The second-order valence-electron chi connectivity index (χ2n) is 6.02. The molecule has 0 unspecified atom stereocenters. The minimum absolute atomic E-state index is 0.189. The molecule has 0 aliphatic carbocycles. The predicted octanol–water partition coefficient (Wildman–Crippen LogP) is 5.30. The molecule has 0 atom stereocenters. The van der Waals surface area contributed by atoms with Gasteiger partial charge in [-0.3, -0.25) is 10.1 Å². The second-order valence-corrected chi connectivity index (χ2v) is 7.05. The maximum absolute atomic E-state index is 12.1. The van der Waals surface area contributed by atoms with Gasteiger partial charge in [-0.05, 0) is 54.3 Å². The number of aromatic nitrogens is 1. The van der Waals surface area contributed by atoms with Crippen molar-refractivity contribution in [1.82, 2.24) is 4.98 Å². The van der Waals surface area contributed by atoms with Gasteiger partial charge < -0.3 is 4.74 Å². The van der Waals surface area contributed by atoms with E-state index in [9.17, 15) is 4.79 Å². The van der Waals surface area contributed by atoms with Gasteiger partial charge in [0.25, 0.3) is 0 Å². The summed E-state index contributed by atoms with van der Waals surface area (Å²) in [5, 5.41) is 3.47. The van der Waals surface area contributed by atoms with Crippen molar-refractivity contribution in [1.29, 1.82) is 0 Å². The molecular weight excluding hydrogens is 344 g/mol. The smallest absolute Gasteiger partial charge is 0.250 e. The Morgan fingerprint density at radius 2 is 2.04 bits per heavy atom. The number of thiazole rings is 1. The van der Waals surface area contributed by atoms with Crippen LogP contribution in [0.1, 0.15) is 30.9 Å². The minimum Gasteiger partial charge on any atom is -0.497 e. The first kappa shape index (κ1) is 18.1. The molecule has 0 bridgehead atoms. The van der Waals surface area contributed by atoms with Crippen LogP contribution in [0.4, 0.5) is 5.13 Å². The van der Waals surface area contributed by atoms with Crippen LogP contribution in [0, 0.1) is 0 Å². The number of nitrogens with zero attached hydrogens (tertiary/aromatic N) is 1. The summed E-state index contributed by atoms with van der Waals surface area (Å²) >= 11 is 1.51. The highest BCUT2D eigenvalue weighted by Gasteiger charge is 2.07. The number of aryl methyl sites for hydroxylation is 1. The summed E-state index contributed by atoms with van der Waals surface area (Å²) in [5.41, 5.74) is 3.18. The van der Waals surface area contributed by atoms with Crippen molar-refractivity contribution >= 4 is 38.7 Å².